The SMILES string of the molecule is CC(C)COC(=O)Cn1c(=O)oc2cccc(N)c21. The second kappa shape index (κ2) is 5.17. The molecule has 0 amide bonds. The van der Waals surface area contributed by atoms with E-state index in [1.54, 1.807) is 18.2 Å². The van der Waals surface area contributed by atoms with Crippen LogP contribution in [0, 0.1) is 5.92 Å². The van der Waals surface area contributed by atoms with Crippen LogP contribution in [-0.4, -0.2) is 17.1 Å². The molecule has 2 aromatic rings. The molecule has 1 aromatic carbocycles. The molecule has 0 atom stereocenters. The number of nitrogens with zero attached hydrogens (tertiary/aromatic N) is 1. The van der Waals surface area contributed by atoms with E-state index in [4.69, 9.17) is 14.9 Å². The molecule has 0 aliphatic heterocycles. The predicted octanol–water partition coefficient (Wildman–Crippen LogP) is 1.38. The van der Waals surface area contributed by atoms with Crippen molar-refractivity contribution in [2.45, 2.75) is 20.4 Å². The van der Waals surface area contributed by atoms with Crippen LogP contribution >= 0.6 is 0 Å². The van der Waals surface area contributed by atoms with Crippen LogP contribution in [0.1, 0.15) is 13.8 Å². The molecular weight excluding hydrogens is 248 g/mol. The van der Waals surface area contributed by atoms with Gasteiger partial charge in [-0.15, -0.1) is 0 Å². The number of hydrogen-bond donors (Lipinski definition) is 1. The van der Waals surface area contributed by atoms with Crippen molar-refractivity contribution in [1.82, 2.24) is 4.57 Å². The van der Waals surface area contributed by atoms with Gasteiger partial charge in [0.25, 0.3) is 0 Å². The maximum atomic E-state index is 11.7. The van der Waals surface area contributed by atoms with Crippen LogP contribution in [0.25, 0.3) is 11.1 Å². The fourth-order valence-electron chi connectivity index (χ4n) is 1.73. The lowest BCUT2D eigenvalue weighted by molar-refractivity contribution is -0.145. The summed E-state index contributed by atoms with van der Waals surface area (Å²) in [4.78, 5) is 23.4. The summed E-state index contributed by atoms with van der Waals surface area (Å²) in [6.45, 7) is 3.99. The molecule has 1 heterocycles. The molecule has 2 N–H and O–H groups in total. The first-order valence-electron chi connectivity index (χ1n) is 6.02. The zero-order valence-corrected chi connectivity index (χ0v) is 10.9. The minimum atomic E-state index is -0.616. The number of carbonyl (C=O) groups excluding carboxylic acids is 1. The van der Waals surface area contributed by atoms with E-state index in [0.29, 0.717) is 23.4 Å². The van der Waals surface area contributed by atoms with Crippen LogP contribution < -0.4 is 11.5 Å². The Morgan fingerprint density at radius 3 is 2.89 bits per heavy atom. The summed E-state index contributed by atoms with van der Waals surface area (Å²) in [5.41, 5.74) is 6.97. The molecule has 0 aliphatic rings. The number of hydrogen-bond acceptors (Lipinski definition) is 5. The summed E-state index contributed by atoms with van der Waals surface area (Å²) >= 11 is 0. The number of anilines is 1. The molecule has 102 valence electrons. The average molecular weight is 264 g/mol. The third kappa shape index (κ3) is 2.78. The second-order valence-corrected chi connectivity index (χ2v) is 4.72. The molecule has 0 aliphatic carbocycles. The maximum absolute atomic E-state index is 11.7. The summed E-state index contributed by atoms with van der Waals surface area (Å²) in [5, 5.41) is 0. The van der Waals surface area contributed by atoms with Crippen LogP contribution in [0.2, 0.25) is 0 Å². The molecule has 0 saturated heterocycles. The van der Waals surface area contributed by atoms with Gasteiger partial charge in [-0.1, -0.05) is 19.9 Å². The van der Waals surface area contributed by atoms with E-state index in [1.165, 1.54) is 4.57 Å². The highest BCUT2D eigenvalue weighted by atomic mass is 16.5. The van der Waals surface area contributed by atoms with Crippen molar-refractivity contribution in [2.75, 3.05) is 12.3 Å². The van der Waals surface area contributed by atoms with Gasteiger partial charge in [0.05, 0.1) is 12.3 Å². The fourth-order valence-corrected chi connectivity index (χ4v) is 1.73. The Balaban J connectivity index is 2.28. The van der Waals surface area contributed by atoms with Gasteiger partial charge in [-0.2, -0.15) is 0 Å². The Labute approximate surface area is 109 Å². The Morgan fingerprint density at radius 1 is 1.47 bits per heavy atom. The predicted molar refractivity (Wildman–Crippen MR) is 70.7 cm³/mol. The fraction of sp³-hybridized carbons (Fsp3) is 0.385. The number of carbonyl (C=O) groups is 1. The third-order valence-corrected chi connectivity index (χ3v) is 2.58. The number of benzene rings is 1. The van der Waals surface area contributed by atoms with Crippen molar-refractivity contribution < 1.29 is 13.9 Å². The van der Waals surface area contributed by atoms with Gasteiger partial charge in [-0.3, -0.25) is 9.36 Å². The molecule has 0 bridgehead atoms. The Bertz CT molecular complexity index is 654. The number of ether oxygens (including phenoxy) is 1. The highest BCUT2D eigenvalue weighted by molar-refractivity contribution is 5.86. The molecule has 0 unspecified atom stereocenters. The van der Waals surface area contributed by atoms with E-state index in [0.717, 1.165) is 0 Å². The Kier molecular flexibility index (Phi) is 3.59. The van der Waals surface area contributed by atoms with Crippen molar-refractivity contribution in [3.63, 3.8) is 0 Å². The van der Waals surface area contributed by atoms with Gasteiger partial charge in [0, 0.05) is 0 Å². The van der Waals surface area contributed by atoms with E-state index < -0.39 is 11.7 Å². The summed E-state index contributed by atoms with van der Waals surface area (Å²) in [5.74, 6) is -0.858. The van der Waals surface area contributed by atoms with Gasteiger partial charge in [-0.05, 0) is 18.1 Å². The minimum Gasteiger partial charge on any atom is -0.464 e. The molecule has 19 heavy (non-hydrogen) atoms. The number of oxazole rings is 1. The zero-order chi connectivity index (χ0) is 14.0. The van der Waals surface area contributed by atoms with Gasteiger partial charge in [0.2, 0.25) is 0 Å². The first-order valence-corrected chi connectivity index (χ1v) is 6.02. The molecule has 1 aromatic heterocycles. The smallest absolute Gasteiger partial charge is 0.420 e. The maximum Gasteiger partial charge on any atom is 0.420 e. The van der Waals surface area contributed by atoms with E-state index in [9.17, 15) is 9.59 Å². The van der Waals surface area contributed by atoms with Gasteiger partial charge in [0.15, 0.2) is 5.58 Å². The number of aromatic nitrogens is 1. The van der Waals surface area contributed by atoms with E-state index in [1.807, 2.05) is 13.8 Å². The summed E-state index contributed by atoms with van der Waals surface area (Å²) < 4.78 is 11.3. The van der Waals surface area contributed by atoms with E-state index in [-0.39, 0.29) is 12.5 Å². The topological polar surface area (TPSA) is 87.5 Å². The summed E-state index contributed by atoms with van der Waals surface area (Å²) in [7, 11) is 0. The largest absolute Gasteiger partial charge is 0.464 e. The number of para-hydroxylation sites is 1. The highest BCUT2D eigenvalue weighted by Gasteiger charge is 2.15. The van der Waals surface area contributed by atoms with Gasteiger partial charge in [0.1, 0.15) is 12.1 Å². The Hall–Kier alpha value is -2.24. The summed E-state index contributed by atoms with van der Waals surface area (Å²) in [6, 6.07) is 4.96. The second-order valence-electron chi connectivity index (χ2n) is 4.72. The number of fused-ring (bicyclic) bond motifs is 1. The van der Waals surface area contributed by atoms with Crippen LogP contribution in [0.15, 0.2) is 27.4 Å². The summed E-state index contributed by atoms with van der Waals surface area (Å²) in [6.07, 6.45) is 0. The molecule has 6 nitrogen and oxygen atoms in total. The standard InChI is InChI=1S/C13H16N2O4/c1-8(2)7-18-11(16)6-15-12-9(14)4-3-5-10(12)19-13(15)17/h3-5,8H,6-7,14H2,1-2H3. The molecule has 0 spiro atoms. The van der Waals surface area contributed by atoms with Crippen molar-refractivity contribution in [2.24, 2.45) is 5.92 Å². The lowest BCUT2D eigenvalue weighted by Crippen LogP contribution is -2.23. The molecule has 0 saturated carbocycles. The molecule has 2 rings (SSSR count). The average Bonchev–Trinajstić information content (AvgIpc) is 2.65. The number of rotatable bonds is 4. The quantitative estimate of drug-likeness (QED) is 0.665. The lowest BCUT2D eigenvalue weighted by Gasteiger charge is -2.07. The van der Waals surface area contributed by atoms with Crippen molar-refractivity contribution in [1.29, 1.82) is 0 Å². The van der Waals surface area contributed by atoms with Crippen LogP contribution in [0.4, 0.5) is 5.69 Å². The van der Waals surface area contributed by atoms with Crippen molar-refractivity contribution in [3.05, 3.63) is 28.7 Å². The van der Waals surface area contributed by atoms with Crippen LogP contribution in [0.5, 0.6) is 0 Å². The Morgan fingerprint density at radius 2 is 2.21 bits per heavy atom. The minimum absolute atomic E-state index is 0.202. The van der Waals surface area contributed by atoms with Gasteiger partial charge < -0.3 is 14.9 Å². The van der Waals surface area contributed by atoms with Crippen molar-refractivity contribution in [3.8, 4) is 0 Å². The normalized spacial score (nSPS) is 11.1. The van der Waals surface area contributed by atoms with Crippen molar-refractivity contribution >= 4 is 22.8 Å². The number of esters is 1. The number of nitrogens with two attached hydrogens (primary N) is 1. The first-order chi connectivity index (χ1) is 8.99. The van der Waals surface area contributed by atoms with Gasteiger partial charge >= 0.3 is 11.7 Å². The first kappa shape index (κ1) is 13.2. The molecular formula is C13H16N2O4. The van der Waals surface area contributed by atoms with Crippen LogP contribution in [0.3, 0.4) is 0 Å². The van der Waals surface area contributed by atoms with Gasteiger partial charge in [-0.25, -0.2) is 4.79 Å². The van der Waals surface area contributed by atoms with E-state index in [2.05, 4.69) is 0 Å². The number of nitrogen functional groups attached to an aromatic ring is 1. The highest BCUT2D eigenvalue weighted by Crippen LogP contribution is 2.19. The molecule has 0 radical (unpaired) electrons. The lowest BCUT2D eigenvalue weighted by atomic mass is 10.2. The monoisotopic (exact) mass is 264 g/mol. The van der Waals surface area contributed by atoms with E-state index >= 15 is 0 Å². The third-order valence-electron chi connectivity index (χ3n) is 2.58. The zero-order valence-electron chi connectivity index (χ0n) is 10.9. The molecule has 0 fully saturated rings. The van der Waals surface area contributed by atoms with Crippen LogP contribution in [-0.2, 0) is 16.1 Å². The molecule has 6 heteroatoms.